The van der Waals surface area contributed by atoms with Crippen LogP contribution in [0.25, 0.3) is 0 Å². The molecule has 5 heteroatoms. The maximum absolute atomic E-state index is 10.9. The van der Waals surface area contributed by atoms with Crippen LogP contribution in [0.15, 0.2) is 0 Å². The predicted octanol–water partition coefficient (Wildman–Crippen LogP) is 2.27. The molecule has 0 radical (unpaired) electrons. The van der Waals surface area contributed by atoms with Gasteiger partial charge in [-0.25, -0.2) is 4.57 Å². The fourth-order valence-electron chi connectivity index (χ4n) is 0.407. The third-order valence-electron chi connectivity index (χ3n) is 0.751. The molecule has 3 nitrogen and oxygen atoms in total. The highest BCUT2D eigenvalue weighted by molar-refractivity contribution is 8.54. The summed E-state index contributed by atoms with van der Waals surface area (Å²) in [6, 6.07) is 0. The molecule has 0 aliphatic carbocycles. The highest BCUT2D eigenvalue weighted by Crippen LogP contribution is 2.55. The van der Waals surface area contributed by atoms with Crippen LogP contribution in [0.2, 0.25) is 0 Å². The van der Waals surface area contributed by atoms with Crippen LogP contribution in [-0.2, 0) is 9.09 Å². The van der Waals surface area contributed by atoms with Crippen LogP contribution >= 0.6 is 18.2 Å². The molecule has 0 heterocycles. The van der Waals surface area contributed by atoms with Crippen molar-refractivity contribution in [2.45, 2.75) is 20.3 Å². The Balaban J connectivity index is 3.53. The Morgan fingerprint density at radius 2 is 2.20 bits per heavy atom. The van der Waals surface area contributed by atoms with Crippen LogP contribution in [0.4, 0.5) is 0 Å². The minimum Gasteiger partial charge on any atom is -0.316 e. The van der Waals surface area contributed by atoms with Gasteiger partial charge in [-0.15, -0.1) is 0 Å². The first kappa shape index (κ1) is 10.5. The van der Waals surface area contributed by atoms with Crippen molar-refractivity contribution in [3.05, 3.63) is 0 Å². The van der Waals surface area contributed by atoms with Gasteiger partial charge in [-0.2, -0.15) is 0 Å². The van der Waals surface area contributed by atoms with Gasteiger partial charge in [0.15, 0.2) is 0 Å². The molecule has 62 valence electrons. The highest BCUT2D eigenvalue weighted by Gasteiger charge is 2.17. The maximum atomic E-state index is 10.9. The van der Waals surface area contributed by atoms with Gasteiger partial charge in [0.2, 0.25) is 0 Å². The summed E-state index contributed by atoms with van der Waals surface area (Å²) in [5.74, 6) is 0.674. The van der Waals surface area contributed by atoms with E-state index in [0.29, 0.717) is 12.4 Å². The van der Waals surface area contributed by atoms with Gasteiger partial charge in [0.1, 0.15) is 0 Å². The van der Waals surface area contributed by atoms with Crippen molar-refractivity contribution in [2.24, 2.45) is 0 Å². The van der Waals surface area contributed by atoms with Crippen molar-refractivity contribution in [1.82, 2.24) is 0 Å². The van der Waals surface area contributed by atoms with E-state index in [-0.39, 0.29) is 0 Å². The van der Waals surface area contributed by atoms with Crippen molar-refractivity contribution in [3.63, 3.8) is 0 Å². The second-order valence-electron chi connectivity index (χ2n) is 1.72. The van der Waals surface area contributed by atoms with E-state index >= 15 is 0 Å². The van der Waals surface area contributed by atoms with Crippen molar-refractivity contribution in [1.29, 1.82) is 0 Å². The van der Waals surface area contributed by atoms with E-state index in [4.69, 9.17) is 4.89 Å². The summed E-state index contributed by atoms with van der Waals surface area (Å²) in [6.45, 7) is 0.665. The Hall–Kier alpha value is 0.500. The maximum Gasteiger partial charge on any atom is 0.386 e. The number of hydrogen-bond donors (Lipinski definition) is 1. The molecule has 0 spiro atoms. The van der Waals surface area contributed by atoms with Gasteiger partial charge >= 0.3 is 6.80 Å². The average molecular weight is 184 g/mol. The molecule has 10 heavy (non-hydrogen) atoms. The van der Waals surface area contributed by atoms with E-state index in [2.05, 4.69) is 4.52 Å². The Labute approximate surface area is 65.4 Å². The first-order valence-corrected chi connectivity index (χ1v) is 6.41. The molecular weight excluding hydrogens is 171 g/mol. The van der Waals surface area contributed by atoms with Crippen molar-refractivity contribution < 1.29 is 14.0 Å². The smallest absolute Gasteiger partial charge is 0.316 e. The normalized spacial score (nSPS) is 16.7. The molecule has 0 saturated carbocycles. The van der Waals surface area contributed by atoms with E-state index in [0.717, 1.165) is 17.8 Å². The number of hydrogen-bond acceptors (Lipinski definition) is 3. The fraction of sp³-hybridized carbons (Fsp3) is 1.00. The van der Waals surface area contributed by atoms with Crippen LogP contribution in [0, 0.1) is 0 Å². The zero-order chi connectivity index (χ0) is 8.04. The lowest BCUT2D eigenvalue weighted by molar-refractivity contribution is 0.291. The largest absolute Gasteiger partial charge is 0.386 e. The average Bonchev–Trinajstić information content (AvgIpc) is 1.84. The second kappa shape index (κ2) is 5.19. The zero-order valence-corrected chi connectivity index (χ0v) is 7.95. The summed E-state index contributed by atoms with van der Waals surface area (Å²) in [7, 11) is 0. The summed E-state index contributed by atoms with van der Waals surface area (Å²) in [5.41, 5.74) is 0. The molecule has 0 aliphatic heterocycles. The van der Waals surface area contributed by atoms with Crippen LogP contribution in [0.3, 0.4) is 0 Å². The SMILES string of the molecule is CCCSP(=O)(O)OCC. The monoisotopic (exact) mass is 184 g/mol. The molecule has 0 aromatic heterocycles. The van der Waals surface area contributed by atoms with Gasteiger partial charge in [-0.05, 0) is 24.7 Å². The van der Waals surface area contributed by atoms with E-state index in [9.17, 15) is 4.57 Å². The molecular formula is C5H13O3PS. The van der Waals surface area contributed by atoms with Gasteiger partial charge in [0.05, 0.1) is 6.61 Å². The standard InChI is InChI=1S/C5H13O3PS/c1-3-5-10-9(6,7)8-4-2/h3-5H2,1-2H3,(H,6,7). The Morgan fingerprint density at radius 1 is 1.60 bits per heavy atom. The van der Waals surface area contributed by atoms with Crippen LogP contribution in [-0.4, -0.2) is 17.3 Å². The second-order valence-corrected chi connectivity index (χ2v) is 5.74. The van der Waals surface area contributed by atoms with Gasteiger partial charge < -0.3 is 9.42 Å². The zero-order valence-electron chi connectivity index (χ0n) is 6.24. The van der Waals surface area contributed by atoms with Crippen molar-refractivity contribution in [2.75, 3.05) is 12.4 Å². The minimum atomic E-state index is -3.29. The Bertz CT molecular complexity index is 128. The van der Waals surface area contributed by atoms with Gasteiger partial charge in [0.25, 0.3) is 0 Å². The van der Waals surface area contributed by atoms with Gasteiger partial charge in [0, 0.05) is 5.75 Å². The lowest BCUT2D eigenvalue weighted by atomic mass is 10.6. The fourth-order valence-corrected chi connectivity index (χ4v) is 3.00. The lowest BCUT2D eigenvalue weighted by Gasteiger charge is -2.07. The summed E-state index contributed by atoms with van der Waals surface area (Å²) >= 11 is 0.992. The first-order valence-electron chi connectivity index (χ1n) is 3.24. The highest BCUT2D eigenvalue weighted by atomic mass is 32.7. The summed E-state index contributed by atoms with van der Waals surface area (Å²) < 4.78 is 15.5. The molecule has 1 N–H and O–H groups in total. The molecule has 0 fully saturated rings. The molecule has 0 saturated heterocycles. The lowest BCUT2D eigenvalue weighted by Crippen LogP contribution is -1.85. The summed E-state index contributed by atoms with van der Waals surface area (Å²) in [5, 5.41) is 0. The molecule has 0 bridgehead atoms. The molecule has 1 unspecified atom stereocenters. The third-order valence-corrected chi connectivity index (χ3v) is 4.10. The quantitative estimate of drug-likeness (QED) is 0.666. The molecule has 0 aromatic carbocycles. The van der Waals surface area contributed by atoms with Gasteiger partial charge in [-0.3, -0.25) is 0 Å². The van der Waals surface area contributed by atoms with Crippen LogP contribution in [0.1, 0.15) is 20.3 Å². The van der Waals surface area contributed by atoms with Crippen molar-refractivity contribution in [3.8, 4) is 0 Å². The Kier molecular flexibility index (Phi) is 5.45. The van der Waals surface area contributed by atoms with Crippen LogP contribution < -0.4 is 0 Å². The van der Waals surface area contributed by atoms with Gasteiger partial charge in [-0.1, -0.05) is 6.92 Å². The predicted molar refractivity (Wildman–Crippen MR) is 44.2 cm³/mol. The molecule has 0 amide bonds. The van der Waals surface area contributed by atoms with Crippen molar-refractivity contribution >= 4 is 18.2 Å². The molecule has 0 aliphatic rings. The summed E-state index contributed by atoms with van der Waals surface area (Å²) in [6.07, 6.45) is 0.891. The van der Waals surface area contributed by atoms with E-state index < -0.39 is 6.80 Å². The first-order chi connectivity index (χ1) is 4.62. The van der Waals surface area contributed by atoms with E-state index in [1.165, 1.54) is 0 Å². The van der Waals surface area contributed by atoms with Crippen LogP contribution in [0.5, 0.6) is 0 Å². The number of rotatable bonds is 5. The Morgan fingerprint density at radius 3 is 2.60 bits per heavy atom. The molecule has 0 aromatic rings. The molecule has 0 rings (SSSR count). The van der Waals surface area contributed by atoms with E-state index in [1.807, 2.05) is 6.92 Å². The summed E-state index contributed by atoms with van der Waals surface area (Å²) in [4.78, 5) is 8.94. The minimum absolute atomic E-state index is 0.296. The van der Waals surface area contributed by atoms with E-state index in [1.54, 1.807) is 6.92 Å². The third kappa shape index (κ3) is 5.30. The molecule has 1 atom stereocenters. The topological polar surface area (TPSA) is 46.5 Å².